The Hall–Kier alpha value is -0.250. The number of hydrogen-bond acceptors (Lipinski definition) is 2. The van der Waals surface area contributed by atoms with Crippen molar-refractivity contribution in [2.45, 2.75) is 57.8 Å². The first-order valence-electron chi connectivity index (χ1n) is 6.25. The standard InChI is InChI=1S/C12H24BrNO2/c13-10-8-6-4-2-1-3-5-7-9-11-16-12(14)15/h1-11H2,(H2,14,15). The summed E-state index contributed by atoms with van der Waals surface area (Å²) in [5.74, 6) is 0. The summed E-state index contributed by atoms with van der Waals surface area (Å²) in [7, 11) is 0. The van der Waals surface area contributed by atoms with E-state index in [1.54, 1.807) is 0 Å². The Labute approximate surface area is 107 Å². The van der Waals surface area contributed by atoms with Crippen molar-refractivity contribution in [2.24, 2.45) is 5.73 Å². The zero-order valence-corrected chi connectivity index (χ0v) is 11.6. The first kappa shape index (κ1) is 15.8. The maximum Gasteiger partial charge on any atom is 0.404 e. The number of alkyl halides is 1. The number of halogens is 1. The van der Waals surface area contributed by atoms with E-state index >= 15 is 0 Å². The average molecular weight is 294 g/mol. The molecule has 1 amide bonds. The molecule has 0 bridgehead atoms. The molecule has 0 spiro atoms. The highest BCUT2D eigenvalue weighted by Gasteiger charge is 1.94. The van der Waals surface area contributed by atoms with Gasteiger partial charge in [0.1, 0.15) is 0 Å². The lowest BCUT2D eigenvalue weighted by atomic mass is 10.1. The lowest BCUT2D eigenvalue weighted by molar-refractivity contribution is 0.154. The van der Waals surface area contributed by atoms with E-state index < -0.39 is 6.09 Å². The molecule has 16 heavy (non-hydrogen) atoms. The van der Waals surface area contributed by atoms with Crippen LogP contribution in [0, 0.1) is 0 Å². The Morgan fingerprint density at radius 2 is 1.31 bits per heavy atom. The van der Waals surface area contributed by atoms with Crippen molar-refractivity contribution >= 4 is 22.0 Å². The van der Waals surface area contributed by atoms with Gasteiger partial charge >= 0.3 is 6.09 Å². The molecular weight excluding hydrogens is 270 g/mol. The smallest absolute Gasteiger partial charge is 0.404 e. The van der Waals surface area contributed by atoms with Crippen LogP contribution >= 0.6 is 15.9 Å². The minimum absolute atomic E-state index is 0.473. The molecule has 0 saturated carbocycles. The predicted octanol–water partition coefficient (Wildman–Crippen LogP) is 3.99. The highest BCUT2D eigenvalue weighted by atomic mass is 79.9. The third kappa shape index (κ3) is 13.8. The van der Waals surface area contributed by atoms with E-state index in [1.807, 2.05) is 0 Å². The summed E-state index contributed by atoms with van der Waals surface area (Å²) in [5.41, 5.74) is 4.85. The SMILES string of the molecule is NC(=O)OCCCCCCCCCCCBr. The van der Waals surface area contributed by atoms with Gasteiger partial charge < -0.3 is 10.5 Å². The molecule has 0 aromatic carbocycles. The van der Waals surface area contributed by atoms with Crippen LogP contribution in [0.15, 0.2) is 0 Å². The molecule has 0 rings (SSSR count). The largest absolute Gasteiger partial charge is 0.450 e. The summed E-state index contributed by atoms with van der Waals surface area (Å²) in [5, 5.41) is 1.13. The molecule has 4 heteroatoms. The van der Waals surface area contributed by atoms with E-state index in [9.17, 15) is 4.79 Å². The lowest BCUT2D eigenvalue weighted by Crippen LogP contribution is -2.13. The quantitative estimate of drug-likeness (QED) is 0.463. The third-order valence-corrected chi connectivity index (χ3v) is 3.08. The van der Waals surface area contributed by atoms with Crippen molar-refractivity contribution in [3.8, 4) is 0 Å². The van der Waals surface area contributed by atoms with Crippen molar-refractivity contribution in [3.63, 3.8) is 0 Å². The van der Waals surface area contributed by atoms with Crippen LogP contribution in [0.25, 0.3) is 0 Å². The van der Waals surface area contributed by atoms with Crippen LogP contribution in [-0.4, -0.2) is 18.0 Å². The molecule has 0 fully saturated rings. The number of hydrogen-bond donors (Lipinski definition) is 1. The van der Waals surface area contributed by atoms with Crippen molar-refractivity contribution in [1.82, 2.24) is 0 Å². The fraction of sp³-hybridized carbons (Fsp3) is 0.917. The molecule has 0 unspecified atom stereocenters. The molecular formula is C12H24BrNO2. The van der Waals surface area contributed by atoms with E-state index in [2.05, 4.69) is 20.7 Å². The molecule has 0 heterocycles. The van der Waals surface area contributed by atoms with Gasteiger partial charge in [-0.3, -0.25) is 0 Å². The Kier molecular flexibility index (Phi) is 12.6. The zero-order valence-electron chi connectivity index (χ0n) is 10.0. The summed E-state index contributed by atoms with van der Waals surface area (Å²) in [6.07, 6.45) is 10.6. The maximum absolute atomic E-state index is 10.3. The Balaban J connectivity index is 2.90. The number of amides is 1. The number of unbranched alkanes of at least 4 members (excludes halogenated alkanes) is 8. The second kappa shape index (κ2) is 12.8. The fourth-order valence-corrected chi connectivity index (χ4v) is 2.00. The minimum atomic E-state index is -0.660. The maximum atomic E-state index is 10.3. The Morgan fingerprint density at radius 3 is 1.75 bits per heavy atom. The van der Waals surface area contributed by atoms with Crippen molar-refractivity contribution < 1.29 is 9.53 Å². The molecule has 0 radical (unpaired) electrons. The fourth-order valence-electron chi connectivity index (χ4n) is 1.61. The van der Waals surface area contributed by atoms with Crippen LogP contribution < -0.4 is 5.73 Å². The van der Waals surface area contributed by atoms with Crippen LogP contribution in [0.1, 0.15) is 57.8 Å². The number of rotatable bonds is 11. The van der Waals surface area contributed by atoms with E-state index in [0.717, 1.165) is 18.2 Å². The first-order chi connectivity index (χ1) is 7.77. The number of nitrogens with two attached hydrogens (primary N) is 1. The molecule has 0 aromatic heterocycles. The van der Waals surface area contributed by atoms with Gasteiger partial charge in [-0.25, -0.2) is 4.79 Å². The highest BCUT2D eigenvalue weighted by Crippen LogP contribution is 2.10. The van der Waals surface area contributed by atoms with Crippen molar-refractivity contribution in [1.29, 1.82) is 0 Å². The topological polar surface area (TPSA) is 52.3 Å². The monoisotopic (exact) mass is 293 g/mol. The average Bonchev–Trinajstić information content (AvgIpc) is 2.25. The molecule has 0 saturated heterocycles. The molecule has 0 aliphatic carbocycles. The number of carbonyl (C=O) groups excluding carboxylic acids is 1. The summed E-state index contributed by atoms with van der Waals surface area (Å²) in [4.78, 5) is 10.3. The highest BCUT2D eigenvalue weighted by molar-refractivity contribution is 9.09. The molecule has 2 N–H and O–H groups in total. The summed E-state index contributed by atoms with van der Waals surface area (Å²) < 4.78 is 4.65. The van der Waals surface area contributed by atoms with Gasteiger partial charge in [0.15, 0.2) is 0 Å². The van der Waals surface area contributed by atoms with Crippen LogP contribution in [-0.2, 0) is 4.74 Å². The normalized spacial score (nSPS) is 10.3. The van der Waals surface area contributed by atoms with Gasteiger partial charge in [0.25, 0.3) is 0 Å². The van der Waals surface area contributed by atoms with Gasteiger partial charge in [-0.05, 0) is 12.8 Å². The van der Waals surface area contributed by atoms with Gasteiger partial charge in [0.2, 0.25) is 0 Å². The first-order valence-corrected chi connectivity index (χ1v) is 7.37. The third-order valence-electron chi connectivity index (χ3n) is 2.52. The van der Waals surface area contributed by atoms with Crippen LogP contribution in [0.3, 0.4) is 0 Å². The molecule has 0 atom stereocenters. The van der Waals surface area contributed by atoms with Gasteiger partial charge in [0, 0.05) is 5.33 Å². The number of primary amides is 1. The predicted molar refractivity (Wildman–Crippen MR) is 70.9 cm³/mol. The van der Waals surface area contributed by atoms with Gasteiger partial charge in [-0.2, -0.15) is 0 Å². The van der Waals surface area contributed by atoms with E-state index in [1.165, 1.54) is 44.9 Å². The summed E-state index contributed by atoms with van der Waals surface area (Å²) in [6, 6.07) is 0. The van der Waals surface area contributed by atoms with Crippen LogP contribution in [0.5, 0.6) is 0 Å². The molecule has 96 valence electrons. The molecule has 0 aromatic rings. The molecule has 3 nitrogen and oxygen atoms in total. The van der Waals surface area contributed by atoms with Gasteiger partial charge in [0.05, 0.1) is 6.61 Å². The summed E-state index contributed by atoms with van der Waals surface area (Å²) in [6.45, 7) is 0.473. The minimum Gasteiger partial charge on any atom is -0.450 e. The van der Waals surface area contributed by atoms with Gasteiger partial charge in [-0.1, -0.05) is 60.9 Å². The second-order valence-electron chi connectivity index (χ2n) is 4.04. The molecule has 0 aliphatic rings. The Morgan fingerprint density at radius 1 is 0.875 bits per heavy atom. The van der Waals surface area contributed by atoms with Crippen molar-refractivity contribution in [2.75, 3.05) is 11.9 Å². The summed E-state index contributed by atoms with van der Waals surface area (Å²) >= 11 is 3.43. The number of carbonyl (C=O) groups is 1. The van der Waals surface area contributed by atoms with E-state index in [0.29, 0.717) is 6.61 Å². The van der Waals surface area contributed by atoms with Gasteiger partial charge in [-0.15, -0.1) is 0 Å². The Bertz CT molecular complexity index is 165. The molecule has 0 aliphatic heterocycles. The second-order valence-corrected chi connectivity index (χ2v) is 4.83. The van der Waals surface area contributed by atoms with E-state index in [-0.39, 0.29) is 0 Å². The van der Waals surface area contributed by atoms with Crippen molar-refractivity contribution in [3.05, 3.63) is 0 Å². The lowest BCUT2D eigenvalue weighted by Gasteiger charge is -2.02. The van der Waals surface area contributed by atoms with Crippen LogP contribution in [0.2, 0.25) is 0 Å². The van der Waals surface area contributed by atoms with E-state index in [4.69, 9.17) is 5.73 Å². The van der Waals surface area contributed by atoms with Crippen LogP contribution in [0.4, 0.5) is 4.79 Å². The zero-order chi connectivity index (χ0) is 12.1. The number of ether oxygens (including phenoxy) is 1.